The second kappa shape index (κ2) is 12.3. The van der Waals surface area contributed by atoms with E-state index >= 15 is 0 Å². The average Bonchev–Trinajstić information content (AvgIpc) is 3.20. The molecule has 3 aromatic rings. The Labute approximate surface area is 234 Å². The first kappa shape index (κ1) is 28.8. The van der Waals surface area contributed by atoms with Crippen molar-refractivity contribution in [2.75, 3.05) is 23.7 Å². The van der Waals surface area contributed by atoms with E-state index in [0.717, 1.165) is 29.4 Å². The molecule has 0 unspecified atom stereocenters. The van der Waals surface area contributed by atoms with E-state index in [4.69, 9.17) is 11.1 Å². The van der Waals surface area contributed by atoms with Gasteiger partial charge in [0.1, 0.15) is 5.84 Å². The van der Waals surface area contributed by atoms with Crippen LogP contribution in [0.1, 0.15) is 30.4 Å². The Bertz CT molecular complexity index is 1460. The number of carboxylic acids is 1. The van der Waals surface area contributed by atoms with E-state index in [0.29, 0.717) is 24.2 Å². The van der Waals surface area contributed by atoms with E-state index in [1.54, 1.807) is 29.2 Å². The molecule has 0 bridgehead atoms. The van der Waals surface area contributed by atoms with Crippen molar-refractivity contribution in [1.82, 2.24) is 4.90 Å². The zero-order valence-corrected chi connectivity index (χ0v) is 23.2. The highest BCUT2D eigenvalue weighted by Gasteiger charge is 2.41. The highest BCUT2D eigenvalue weighted by molar-refractivity contribution is 7.92. The van der Waals surface area contributed by atoms with Crippen molar-refractivity contribution in [2.24, 2.45) is 11.7 Å². The van der Waals surface area contributed by atoms with Crippen molar-refractivity contribution in [3.63, 3.8) is 0 Å². The molecule has 0 aromatic heterocycles. The lowest BCUT2D eigenvalue weighted by Gasteiger charge is -2.31. The summed E-state index contributed by atoms with van der Waals surface area (Å²) in [5, 5.41) is 16.9. The van der Waals surface area contributed by atoms with Gasteiger partial charge in [0.15, 0.2) is 0 Å². The number of nitrogens with one attached hydrogen (secondary N) is 1. The number of carbonyl (C=O) groups excluding carboxylic acids is 1. The lowest BCUT2D eigenvalue weighted by atomic mass is 10.0. The van der Waals surface area contributed by atoms with E-state index in [9.17, 15) is 23.1 Å². The first-order valence-electron chi connectivity index (χ1n) is 13.1. The third-order valence-corrected chi connectivity index (χ3v) is 8.38. The Morgan fingerprint density at radius 1 is 1.02 bits per heavy atom. The van der Waals surface area contributed by atoms with Crippen LogP contribution in [0.15, 0.2) is 78.9 Å². The Morgan fingerprint density at radius 3 is 2.17 bits per heavy atom. The van der Waals surface area contributed by atoms with Crippen LogP contribution in [-0.2, 0) is 26.0 Å². The summed E-state index contributed by atoms with van der Waals surface area (Å²) >= 11 is 0. The molecule has 0 radical (unpaired) electrons. The van der Waals surface area contributed by atoms with Crippen molar-refractivity contribution in [3.05, 3.63) is 90.0 Å². The number of aliphatic carboxylic acids is 1. The quantitative estimate of drug-likeness (QED) is 0.227. The SMILES string of the molecule is CS(=O)(=O)N(C[C@@H]1C[C@@H](CC(=O)O)C(=O)N1CCCc1ccccc1)c1ccc(-c2ccc(C(=N)N)cc2)cc1. The molecule has 40 heavy (non-hydrogen) atoms. The van der Waals surface area contributed by atoms with Crippen LogP contribution >= 0.6 is 0 Å². The maximum Gasteiger partial charge on any atom is 0.304 e. The molecule has 2 atom stereocenters. The second-order valence-electron chi connectivity index (χ2n) is 10.1. The molecular formula is C30H34N4O5S. The van der Waals surface area contributed by atoms with Gasteiger partial charge in [-0.05, 0) is 48.1 Å². The van der Waals surface area contributed by atoms with Gasteiger partial charge in [0.05, 0.1) is 36.9 Å². The molecule has 1 aliphatic heterocycles. The van der Waals surface area contributed by atoms with Crippen LogP contribution in [0.2, 0.25) is 0 Å². The topological polar surface area (TPSA) is 145 Å². The maximum absolute atomic E-state index is 13.2. The van der Waals surface area contributed by atoms with E-state index in [2.05, 4.69) is 0 Å². The molecule has 1 fully saturated rings. The van der Waals surface area contributed by atoms with Crippen LogP contribution in [0, 0.1) is 11.3 Å². The summed E-state index contributed by atoms with van der Waals surface area (Å²) < 4.78 is 27.1. The molecule has 3 aromatic carbocycles. The van der Waals surface area contributed by atoms with Crippen molar-refractivity contribution in [1.29, 1.82) is 5.41 Å². The van der Waals surface area contributed by atoms with Crippen molar-refractivity contribution >= 4 is 33.4 Å². The summed E-state index contributed by atoms with van der Waals surface area (Å²) in [6.07, 6.45) is 2.57. The number of aryl methyl sites for hydroxylation is 1. The fraction of sp³-hybridized carbons (Fsp3) is 0.300. The molecule has 10 heteroatoms. The molecule has 1 amide bonds. The first-order valence-corrected chi connectivity index (χ1v) is 15.0. The lowest BCUT2D eigenvalue weighted by Crippen LogP contribution is -2.44. The fourth-order valence-electron chi connectivity index (χ4n) is 5.20. The van der Waals surface area contributed by atoms with Gasteiger partial charge in [0.2, 0.25) is 15.9 Å². The fourth-order valence-corrected chi connectivity index (χ4v) is 6.15. The van der Waals surface area contributed by atoms with Gasteiger partial charge in [0, 0.05) is 12.1 Å². The lowest BCUT2D eigenvalue weighted by molar-refractivity contribution is -0.142. The highest BCUT2D eigenvalue weighted by Crippen LogP contribution is 2.31. The smallest absolute Gasteiger partial charge is 0.304 e. The summed E-state index contributed by atoms with van der Waals surface area (Å²) in [4.78, 5) is 26.3. The van der Waals surface area contributed by atoms with E-state index in [1.165, 1.54) is 4.31 Å². The van der Waals surface area contributed by atoms with Gasteiger partial charge in [-0.15, -0.1) is 0 Å². The van der Waals surface area contributed by atoms with Gasteiger partial charge < -0.3 is 15.7 Å². The first-order chi connectivity index (χ1) is 19.0. The number of hydrogen-bond acceptors (Lipinski definition) is 5. The van der Waals surface area contributed by atoms with Crippen LogP contribution < -0.4 is 10.0 Å². The summed E-state index contributed by atoms with van der Waals surface area (Å²) in [7, 11) is -3.70. The minimum atomic E-state index is -3.70. The number of benzene rings is 3. The van der Waals surface area contributed by atoms with Gasteiger partial charge in [-0.3, -0.25) is 19.3 Å². The predicted octanol–water partition coefficient (Wildman–Crippen LogP) is 3.73. The van der Waals surface area contributed by atoms with Gasteiger partial charge in [-0.25, -0.2) is 8.42 Å². The minimum absolute atomic E-state index is 0.0178. The second-order valence-corrected chi connectivity index (χ2v) is 12.0. The number of carboxylic acid groups (broad SMARTS) is 1. The molecule has 0 saturated carbocycles. The maximum atomic E-state index is 13.2. The zero-order chi connectivity index (χ0) is 28.9. The van der Waals surface area contributed by atoms with Crippen LogP contribution in [0.4, 0.5) is 5.69 Å². The number of sulfonamides is 1. The van der Waals surface area contributed by atoms with E-state index in [-0.39, 0.29) is 31.1 Å². The molecule has 1 aliphatic rings. The number of likely N-dealkylation sites (tertiary alicyclic amines) is 1. The van der Waals surface area contributed by atoms with E-state index in [1.807, 2.05) is 54.6 Å². The summed E-state index contributed by atoms with van der Waals surface area (Å²) in [6, 6.07) is 23.7. The number of amides is 1. The van der Waals surface area contributed by atoms with Crippen LogP contribution in [0.25, 0.3) is 11.1 Å². The van der Waals surface area contributed by atoms with Crippen molar-refractivity contribution in [3.8, 4) is 11.1 Å². The standard InChI is InChI=1S/C30H34N4O5S/c1-40(38,39)34(26-15-13-23(14-16-26)22-9-11-24(12-10-22)29(31)32)20-27-18-25(19-28(35)36)30(37)33(27)17-5-8-21-6-3-2-4-7-21/h2-4,6-7,9-16,25,27H,5,8,17-20H2,1H3,(H3,31,32)(H,35,36)/t25-,27-/m0/s1. The van der Waals surface area contributed by atoms with E-state index < -0.39 is 28.0 Å². The number of nitrogen functional groups attached to an aromatic ring is 1. The van der Waals surface area contributed by atoms with Crippen LogP contribution in [0.3, 0.4) is 0 Å². The largest absolute Gasteiger partial charge is 0.481 e. The van der Waals surface area contributed by atoms with Gasteiger partial charge in [-0.2, -0.15) is 0 Å². The minimum Gasteiger partial charge on any atom is -0.481 e. The molecule has 0 spiro atoms. The molecule has 1 saturated heterocycles. The number of nitrogens with zero attached hydrogens (tertiary/aromatic N) is 2. The van der Waals surface area contributed by atoms with Crippen molar-refractivity contribution in [2.45, 2.75) is 31.7 Å². The highest BCUT2D eigenvalue weighted by atomic mass is 32.2. The van der Waals surface area contributed by atoms with Crippen molar-refractivity contribution < 1.29 is 23.1 Å². The third kappa shape index (κ3) is 7.06. The number of anilines is 1. The Hall–Kier alpha value is -4.18. The van der Waals surface area contributed by atoms with Gasteiger partial charge >= 0.3 is 5.97 Å². The molecule has 4 rings (SSSR count). The summed E-state index contributed by atoms with van der Waals surface area (Å²) in [5.74, 6) is -1.98. The summed E-state index contributed by atoms with van der Waals surface area (Å²) in [5.41, 5.74) is 9.51. The molecule has 1 heterocycles. The van der Waals surface area contributed by atoms with Crippen LogP contribution in [0.5, 0.6) is 0 Å². The molecule has 9 nitrogen and oxygen atoms in total. The predicted molar refractivity (Wildman–Crippen MR) is 156 cm³/mol. The molecular weight excluding hydrogens is 528 g/mol. The Kier molecular flexibility index (Phi) is 8.89. The molecule has 0 aliphatic carbocycles. The third-order valence-electron chi connectivity index (χ3n) is 7.22. The number of hydrogen-bond donors (Lipinski definition) is 3. The molecule has 210 valence electrons. The zero-order valence-electron chi connectivity index (χ0n) is 22.4. The Balaban J connectivity index is 1.54. The number of carbonyl (C=O) groups is 2. The normalized spacial score (nSPS) is 17.1. The van der Waals surface area contributed by atoms with Gasteiger partial charge in [0.25, 0.3) is 0 Å². The van der Waals surface area contributed by atoms with Gasteiger partial charge in [-0.1, -0.05) is 66.7 Å². The molecule has 4 N–H and O–H groups in total. The number of nitrogens with two attached hydrogens (primary N) is 1. The Morgan fingerprint density at radius 2 is 1.62 bits per heavy atom. The number of rotatable bonds is 12. The number of amidine groups is 1. The average molecular weight is 563 g/mol. The van der Waals surface area contributed by atoms with Crippen LogP contribution in [-0.4, -0.2) is 61.5 Å². The monoisotopic (exact) mass is 562 g/mol. The summed E-state index contributed by atoms with van der Waals surface area (Å²) in [6.45, 7) is 0.458.